The number of likely N-dealkylation sites (tertiary alicyclic amines) is 1. The van der Waals surface area contributed by atoms with Gasteiger partial charge in [0, 0.05) is 19.5 Å². The molecule has 0 N–H and O–H groups in total. The van der Waals surface area contributed by atoms with Gasteiger partial charge in [0.05, 0.1) is 30.0 Å². The van der Waals surface area contributed by atoms with E-state index in [1.54, 1.807) is 24.3 Å². The smallest absolute Gasteiger partial charge is 0.222 e. The van der Waals surface area contributed by atoms with E-state index in [1.807, 2.05) is 23.1 Å². The number of carbonyl (C=O) groups excluding carboxylic acids is 1. The summed E-state index contributed by atoms with van der Waals surface area (Å²) < 4.78 is 6.13. The number of hydrogen-bond acceptors (Lipinski definition) is 4. The van der Waals surface area contributed by atoms with Gasteiger partial charge in [-0.1, -0.05) is 6.07 Å². The van der Waals surface area contributed by atoms with Gasteiger partial charge in [-0.25, -0.2) is 0 Å². The van der Waals surface area contributed by atoms with Crippen molar-refractivity contribution < 1.29 is 9.53 Å². The SMILES string of the molecule is COc1ccc(CCC(=O)N2CCC(n3nccn3)C2)cc1Br. The van der Waals surface area contributed by atoms with E-state index < -0.39 is 0 Å². The van der Waals surface area contributed by atoms with Gasteiger partial charge in [-0.05, 0) is 46.5 Å². The molecule has 6 nitrogen and oxygen atoms in total. The zero-order chi connectivity index (χ0) is 16.2. The molecule has 0 spiro atoms. The zero-order valence-corrected chi connectivity index (χ0v) is 14.6. The van der Waals surface area contributed by atoms with Gasteiger partial charge in [-0.2, -0.15) is 15.0 Å². The number of carbonyl (C=O) groups is 1. The van der Waals surface area contributed by atoms with E-state index in [9.17, 15) is 4.79 Å². The molecule has 0 radical (unpaired) electrons. The molecule has 1 fully saturated rings. The predicted octanol–water partition coefficient (Wildman–Crippen LogP) is 2.46. The molecule has 7 heteroatoms. The van der Waals surface area contributed by atoms with Crippen LogP contribution in [0.15, 0.2) is 35.1 Å². The number of hydrogen-bond donors (Lipinski definition) is 0. The lowest BCUT2D eigenvalue weighted by Crippen LogP contribution is -2.29. The number of rotatable bonds is 5. The maximum atomic E-state index is 12.4. The second-order valence-electron chi connectivity index (χ2n) is 5.60. The Labute approximate surface area is 143 Å². The standard InChI is InChI=1S/C16H19BrN4O2/c1-23-15-4-2-12(10-14(15)17)3-5-16(22)20-9-6-13(11-20)21-18-7-8-19-21/h2,4,7-8,10,13H,3,5-6,9,11H2,1H3. The Hall–Kier alpha value is -1.89. The van der Waals surface area contributed by atoms with Crippen molar-refractivity contribution in [2.75, 3.05) is 20.2 Å². The van der Waals surface area contributed by atoms with Gasteiger partial charge in [0.25, 0.3) is 0 Å². The summed E-state index contributed by atoms with van der Waals surface area (Å²) in [5.41, 5.74) is 1.12. The summed E-state index contributed by atoms with van der Waals surface area (Å²) in [5, 5.41) is 8.32. The largest absolute Gasteiger partial charge is 0.496 e. The number of benzene rings is 1. The highest BCUT2D eigenvalue weighted by Crippen LogP contribution is 2.26. The van der Waals surface area contributed by atoms with Gasteiger partial charge in [0.15, 0.2) is 0 Å². The molecular weight excluding hydrogens is 360 g/mol. The van der Waals surface area contributed by atoms with Crippen molar-refractivity contribution in [3.63, 3.8) is 0 Å². The van der Waals surface area contributed by atoms with Crippen molar-refractivity contribution in [1.29, 1.82) is 0 Å². The third-order valence-electron chi connectivity index (χ3n) is 4.12. The molecule has 1 aliphatic heterocycles. The number of amides is 1. The molecular formula is C16H19BrN4O2. The Balaban J connectivity index is 1.53. The van der Waals surface area contributed by atoms with Crippen LogP contribution < -0.4 is 4.74 Å². The maximum Gasteiger partial charge on any atom is 0.222 e. The van der Waals surface area contributed by atoms with Gasteiger partial charge in [0.2, 0.25) is 5.91 Å². The highest BCUT2D eigenvalue weighted by molar-refractivity contribution is 9.10. The molecule has 0 bridgehead atoms. The van der Waals surface area contributed by atoms with Crippen molar-refractivity contribution in [2.24, 2.45) is 0 Å². The average molecular weight is 379 g/mol. The first-order chi connectivity index (χ1) is 11.2. The normalized spacial score (nSPS) is 17.5. The van der Waals surface area contributed by atoms with E-state index in [2.05, 4.69) is 26.1 Å². The summed E-state index contributed by atoms with van der Waals surface area (Å²) in [4.78, 5) is 16.0. The van der Waals surface area contributed by atoms with Gasteiger partial charge in [0.1, 0.15) is 5.75 Å². The fourth-order valence-electron chi connectivity index (χ4n) is 2.85. The summed E-state index contributed by atoms with van der Waals surface area (Å²) in [5.74, 6) is 0.987. The molecule has 0 aliphatic carbocycles. The Morgan fingerprint density at radius 1 is 1.39 bits per heavy atom. The lowest BCUT2D eigenvalue weighted by molar-refractivity contribution is -0.130. The molecule has 2 heterocycles. The van der Waals surface area contributed by atoms with E-state index >= 15 is 0 Å². The predicted molar refractivity (Wildman–Crippen MR) is 89.3 cm³/mol. The highest BCUT2D eigenvalue weighted by atomic mass is 79.9. The Morgan fingerprint density at radius 3 is 2.87 bits per heavy atom. The first-order valence-corrected chi connectivity index (χ1v) is 8.42. The summed E-state index contributed by atoms with van der Waals surface area (Å²) in [6.45, 7) is 1.47. The minimum atomic E-state index is 0.187. The zero-order valence-electron chi connectivity index (χ0n) is 13.0. The van der Waals surface area contributed by atoms with Gasteiger partial charge >= 0.3 is 0 Å². The molecule has 1 aromatic heterocycles. The first kappa shape index (κ1) is 16.0. The lowest BCUT2D eigenvalue weighted by atomic mass is 10.1. The van der Waals surface area contributed by atoms with E-state index in [-0.39, 0.29) is 11.9 Å². The Morgan fingerprint density at radius 2 is 2.17 bits per heavy atom. The maximum absolute atomic E-state index is 12.4. The quantitative estimate of drug-likeness (QED) is 0.801. The Bertz CT molecular complexity index is 675. The molecule has 1 atom stereocenters. The molecule has 1 aromatic carbocycles. The molecule has 1 unspecified atom stereocenters. The summed E-state index contributed by atoms with van der Waals surface area (Å²) in [6, 6.07) is 6.12. The minimum Gasteiger partial charge on any atom is -0.496 e. The van der Waals surface area contributed by atoms with Gasteiger partial charge in [-0.15, -0.1) is 0 Å². The van der Waals surface area contributed by atoms with Crippen LogP contribution in [0.5, 0.6) is 5.75 Å². The van der Waals surface area contributed by atoms with Crippen LogP contribution in [0.4, 0.5) is 0 Å². The molecule has 122 valence electrons. The number of halogens is 1. The molecule has 3 rings (SSSR count). The van der Waals surface area contributed by atoms with E-state index in [0.717, 1.165) is 35.2 Å². The number of methoxy groups -OCH3 is 1. The van der Waals surface area contributed by atoms with Crippen LogP contribution in [0.25, 0.3) is 0 Å². The van der Waals surface area contributed by atoms with Crippen molar-refractivity contribution in [3.8, 4) is 5.75 Å². The first-order valence-electron chi connectivity index (χ1n) is 7.63. The minimum absolute atomic E-state index is 0.187. The molecule has 2 aromatic rings. The molecule has 0 saturated carbocycles. The van der Waals surface area contributed by atoms with Crippen molar-refractivity contribution in [2.45, 2.75) is 25.3 Å². The highest BCUT2D eigenvalue weighted by Gasteiger charge is 2.27. The topological polar surface area (TPSA) is 60.2 Å². The molecule has 23 heavy (non-hydrogen) atoms. The number of nitrogens with zero attached hydrogens (tertiary/aromatic N) is 4. The molecule has 1 aliphatic rings. The van der Waals surface area contributed by atoms with Crippen LogP contribution in [-0.2, 0) is 11.2 Å². The van der Waals surface area contributed by atoms with Crippen LogP contribution in [0.3, 0.4) is 0 Å². The second-order valence-corrected chi connectivity index (χ2v) is 6.45. The van der Waals surface area contributed by atoms with Gasteiger partial charge in [-0.3, -0.25) is 4.79 Å². The fourth-order valence-corrected chi connectivity index (χ4v) is 3.43. The van der Waals surface area contributed by atoms with Crippen molar-refractivity contribution in [1.82, 2.24) is 19.9 Å². The Kier molecular flexibility index (Phi) is 4.95. The summed E-state index contributed by atoms with van der Waals surface area (Å²) in [7, 11) is 1.64. The molecule has 1 amide bonds. The summed E-state index contributed by atoms with van der Waals surface area (Å²) in [6.07, 6.45) is 5.49. The fraction of sp³-hybridized carbons (Fsp3) is 0.438. The van der Waals surface area contributed by atoms with Crippen LogP contribution in [0, 0.1) is 0 Å². The van der Waals surface area contributed by atoms with E-state index in [4.69, 9.17) is 4.74 Å². The average Bonchev–Trinajstić information content (AvgIpc) is 3.23. The van der Waals surface area contributed by atoms with Crippen LogP contribution in [0.2, 0.25) is 0 Å². The van der Waals surface area contributed by atoms with Crippen LogP contribution in [-0.4, -0.2) is 46.0 Å². The number of aromatic nitrogens is 3. The number of ether oxygens (including phenoxy) is 1. The van der Waals surface area contributed by atoms with Crippen LogP contribution in [0.1, 0.15) is 24.4 Å². The van der Waals surface area contributed by atoms with Gasteiger partial charge < -0.3 is 9.64 Å². The molecule has 1 saturated heterocycles. The lowest BCUT2D eigenvalue weighted by Gasteiger charge is -2.16. The van der Waals surface area contributed by atoms with E-state index in [0.29, 0.717) is 13.0 Å². The van der Waals surface area contributed by atoms with Crippen molar-refractivity contribution >= 4 is 21.8 Å². The number of aryl methyl sites for hydroxylation is 1. The third-order valence-corrected chi connectivity index (χ3v) is 4.74. The second kappa shape index (κ2) is 7.12. The monoisotopic (exact) mass is 378 g/mol. The van der Waals surface area contributed by atoms with Crippen molar-refractivity contribution in [3.05, 3.63) is 40.6 Å². The summed E-state index contributed by atoms with van der Waals surface area (Å²) >= 11 is 3.47. The van der Waals surface area contributed by atoms with Crippen LogP contribution >= 0.6 is 15.9 Å². The van der Waals surface area contributed by atoms with E-state index in [1.165, 1.54) is 0 Å². The third kappa shape index (κ3) is 3.72.